The van der Waals surface area contributed by atoms with Gasteiger partial charge in [-0.25, -0.2) is 4.98 Å². The Bertz CT molecular complexity index is 564. The average Bonchev–Trinajstić information content (AvgIpc) is 2.37. The summed E-state index contributed by atoms with van der Waals surface area (Å²) in [6, 6.07) is 11.7. The molecule has 0 aliphatic heterocycles. The standard InChI is InChI=1S/C15H15NO2/c1-11-4-3-5-13(8-11)10-18-15-7-6-12(2)16-14(15)9-17/h3-9H,10H2,1-2H3. The molecule has 2 rings (SSSR count). The number of benzene rings is 1. The van der Waals surface area contributed by atoms with Crippen LogP contribution in [0.4, 0.5) is 0 Å². The number of nitrogens with zero attached hydrogens (tertiary/aromatic N) is 1. The van der Waals surface area contributed by atoms with Gasteiger partial charge in [0.1, 0.15) is 18.1 Å². The topological polar surface area (TPSA) is 39.2 Å². The summed E-state index contributed by atoms with van der Waals surface area (Å²) < 4.78 is 5.63. The summed E-state index contributed by atoms with van der Waals surface area (Å²) in [5.41, 5.74) is 3.42. The fourth-order valence-corrected chi connectivity index (χ4v) is 1.73. The Morgan fingerprint density at radius 1 is 1.22 bits per heavy atom. The fourth-order valence-electron chi connectivity index (χ4n) is 1.73. The average molecular weight is 241 g/mol. The first kappa shape index (κ1) is 12.3. The molecule has 2 aromatic rings. The van der Waals surface area contributed by atoms with Crippen LogP contribution in [-0.4, -0.2) is 11.3 Å². The van der Waals surface area contributed by atoms with Crippen molar-refractivity contribution in [1.29, 1.82) is 0 Å². The van der Waals surface area contributed by atoms with E-state index in [1.807, 2.05) is 38.1 Å². The quantitative estimate of drug-likeness (QED) is 0.772. The maximum atomic E-state index is 10.9. The third kappa shape index (κ3) is 2.94. The van der Waals surface area contributed by atoms with E-state index in [0.29, 0.717) is 18.1 Å². The SMILES string of the molecule is Cc1cccc(COc2ccc(C)nc2C=O)c1. The highest BCUT2D eigenvalue weighted by Gasteiger charge is 2.05. The number of aldehydes is 1. The van der Waals surface area contributed by atoms with Gasteiger partial charge in [0, 0.05) is 5.69 Å². The second kappa shape index (κ2) is 5.45. The third-order valence-electron chi connectivity index (χ3n) is 2.61. The Kier molecular flexibility index (Phi) is 3.72. The minimum absolute atomic E-state index is 0.350. The Balaban J connectivity index is 2.13. The number of hydrogen-bond acceptors (Lipinski definition) is 3. The van der Waals surface area contributed by atoms with Crippen molar-refractivity contribution >= 4 is 6.29 Å². The summed E-state index contributed by atoms with van der Waals surface area (Å²) >= 11 is 0. The Hall–Kier alpha value is -2.16. The number of rotatable bonds is 4. The highest BCUT2D eigenvalue weighted by molar-refractivity contribution is 5.76. The van der Waals surface area contributed by atoms with Gasteiger partial charge in [-0.15, -0.1) is 0 Å². The predicted molar refractivity (Wildman–Crippen MR) is 69.9 cm³/mol. The zero-order valence-corrected chi connectivity index (χ0v) is 10.5. The maximum Gasteiger partial charge on any atom is 0.172 e. The van der Waals surface area contributed by atoms with E-state index < -0.39 is 0 Å². The molecule has 0 spiro atoms. The number of carbonyl (C=O) groups excluding carboxylic acids is 1. The molecule has 0 N–H and O–H groups in total. The summed E-state index contributed by atoms with van der Waals surface area (Å²) in [5.74, 6) is 0.525. The van der Waals surface area contributed by atoms with Crippen LogP contribution in [0.1, 0.15) is 27.3 Å². The van der Waals surface area contributed by atoms with Crippen molar-refractivity contribution in [2.75, 3.05) is 0 Å². The normalized spacial score (nSPS) is 10.1. The molecule has 0 aliphatic carbocycles. The summed E-state index contributed by atoms with van der Waals surface area (Å²) in [7, 11) is 0. The van der Waals surface area contributed by atoms with Gasteiger partial charge in [0.15, 0.2) is 6.29 Å². The van der Waals surface area contributed by atoms with Crippen LogP contribution in [-0.2, 0) is 6.61 Å². The largest absolute Gasteiger partial charge is 0.487 e. The molecule has 3 nitrogen and oxygen atoms in total. The van der Waals surface area contributed by atoms with Gasteiger partial charge in [0.05, 0.1) is 0 Å². The van der Waals surface area contributed by atoms with Crippen molar-refractivity contribution in [3.63, 3.8) is 0 Å². The molecular formula is C15H15NO2. The van der Waals surface area contributed by atoms with Gasteiger partial charge in [-0.05, 0) is 31.5 Å². The monoisotopic (exact) mass is 241 g/mol. The molecule has 0 amide bonds. The highest BCUT2D eigenvalue weighted by Crippen LogP contribution is 2.17. The smallest absolute Gasteiger partial charge is 0.172 e. The van der Waals surface area contributed by atoms with Crippen molar-refractivity contribution in [1.82, 2.24) is 4.98 Å². The number of pyridine rings is 1. The molecule has 92 valence electrons. The van der Waals surface area contributed by atoms with E-state index in [-0.39, 0.29) is 0 Å². The lowest BCUT2D eigenvalue weighted by atomic mass is 10.1. The lowest BCUT2D eigenvalue weighted by Gasteiger charge is -2.08. The predicted octanol–water partition coefficient (Wildman–Crippen LogP) is 3.09. The van der Waals surface area contributed by atoms with E-state index >= 15 is 0 Å². The first-order valence-electron chi connectivity index (χ1n) is 5.80. The van der Waals surface area contributed by atoms with E-state index in [1.54, 1.807) is 6.07 Å². The maximum absolute atomic E-state index is 10.9. The second-order valence-electron chi connectivity index (χ2n) is 4.23. The summed E-state index contributed by atoms with van der Waals surface area (Å²) in [4.78, 5) is 15.0. The van der Waals surface area contributed by atoms with Gasteiger partial charge in [-0.1, -0.05) is 29.8 Å². The molecule has 0 bridgehead atoms. The van der Waals surface area contributed by atoms with E-state index in [1.165, 1.54) is 5.56 Å². The molecule has 0 unspecified atom stereocenters. The van der Waals surface area contributed by atoms with Crippen molar-refractivity contribution < 1.29 is 9.53 Å². The van der Waals surface area contributed by atoms with Crippen molar-refractivity contribution in [2.45, 2.75) is 20.5 Å². The molecule has 1 aromatic heterocycles. The van der Waals surface area contributed by atoms with Gasteiger partial charge in [-0.3, -0.25) is 4.79 Å². The number of aromatic nitrogens is 1. The van der Waals surface area contributed by atoms with E-state index in [2.05, 4.69) is 11.1 Å². The van der Waals surface area contributed by atoms with Crippen LogP contribution in [0.3, 0.4) is 0 Å². The first-order chi connectivity index (χ1) is 8.69. The highest BCUT2D eigenvalue weighted by atomic mass is 16.5. The van der Waals surface area contributed by atoms with Crippen LogP contribution >= 0.6 is 0 Å². The number of aryl methyl sites for hydroxylation is 2. The summed E-state index contributed by atoms with van der Waals surface area (Å²) in [6.45, 7) is 4.32. The van der Waals surface area contributed by atoms with Gasteiger partial charge in [0.2, 0.25) is 0 Å². The van der Waals surface area contributed by atoms with Crippen LogP contribution < -0.4 is 4.74 Å². The summed E-state index contributed by atoms with van der Waals surface area (Å²) in [6.07, 6.45) is 0.721. The zero-order valence-electron chi connectivity index (χ0n) is 10.5. The van der Waals surface area contributed by atoms with Crippen molar-refractivity contribution in [3.05, 3.63) is 58.9 Å². The third-order valence-corrected chi connectivity index (χ3v) is 2.61. The number of ether oxygens (including phenoxy) is 1. The van der Waals surface area contributed by atoms with E-state index in [4.69, 9.17) is 4.74 Å². The van der Waals surface area contributed by atoms with Gasteiger partial charge in [-0.2, -0.15) is 0 Å². The van der Waals surface area contributed by atoms with Crippen LogP contribution in [0.5, 0.6) is 5.75 Å². The molecule has 3 heteroatoms. The summed E-state index contributed by atoms with van der Waals surface area (Å²) in [5, 5.41) is 0. The minimum atomic E-state index is 0.350. The Labute approximate surface area is 106 Å². The fraction of sp³-hybridized carbons (Fsp3) is 0.200. The number of hydrogen-bond donors (Lipinski definition) is 0. The molecule has 1 aromatic carbocycles. The molecule has 1 heterocycles. The number of carbonyl (C=O) groups is 1. The van der Waals surface area contributed by atoms with Gasteiger partial charge in [0.25, 0.3) is 0 Å². The molecule has 0 fully saturated rings. The molecule has 0 atom stereocenters. The van der Waals surface area contributed by atoms with Crippen molar-refractivity contribution in [3.8, 4) is 5.75 Å². The van der Waals surface area contributed by atoms with E-state index in [0.717, 1.165) is 17.5 Å². The minimum Gasteiger partial charge on any atom is -0.487 e. The Morgan fingerprint density at radius 2 is 2.06 bits per heavy atom. The molecule has 0 aliphatic rings. The Morgan fingerprint density at radius 3 is 2.78 bits per heavy atom. The van der Waals surface area contributed by atoms with Gasteiger partial charge < -0.3 is 4.74 Å². The lowest BCUT2D eigenvalue weighted by Crippen LogP contribution is -2.01. The van der Waals surface area contributed by atoms with Crippen molar-refractivity contribution in [2.24, 2.45) is 0 Å². The van der Waals surface area contributed by atoms with Crippen LogP contribution in [0.25, 0.3) is 0 Å². The molecule has 0 saturated heterocycles. The van der Waals surface area contributed by atoms with E-state index in [9.17, 15) is 4.79 Å². The second-order valence-corrected chi connectivity index (χ2v) is 4.23. The lowest BCUT2D eigenvalue weighted by molar-refractivity contribution is 0.111. The molecule has 0 saturated carbocycles. The first-order valence-corrected chi connectivity index (χ1v) is 5.80. The van der Waals surface area contributed by atoms with Gasteiger partial charge >= 0.3 is 0 Å². The molecule has 0 radical (unpaired) electrons. The van der Waals surface area contributed by atoms with Crippen LogP contribution in [0, 0.1) is 13.8 Å². The van der Waals surface area contributed by atoms with Crippen LogP contribution in [0.15, 0.2) is 36.4 Å². The molecular weight excluding hydrogens is 226 g/mol. The van der Waals surface area contributed by atoms with Crippen LogP contribution in [0.2, 0.25) is 0 Å². The zero-order chi connectivity index (χ0) is 13.0. The molecule has 18 heavy (non-hydrogen) atoms.